The molecule has 0 aliphatic carbocycles. The zero-order valence-corrected chi connectivity index (χ0v) is 15.7. The molecule has 0 radical (unpaired) electrons. The molecule has 0 amide bonds. The first-order valence-corrected chi connectivity index (χ1v) is 8.61. The topological polar surface area (TPSA) is 151 Å². The maximum absolute atomic E-state index is 11.4. The number of hydrogen-bond donors (Lipinski definition) is 1. The molecule has 3 rings (SSSR count). The second kappa shape index (κ2) is 8.80. The predicted molar refractivity (Wildman–Crippen MR) is 105 cm³/mol. The monoisotopic (exact) mass is 406 g/mol. The third kappa shape index (κ3) is 4.10. The molecule has 0 aliphatic rings. The van der Waals surface area contributed by atoms with Gasteiger partial charge in [-0.1, -0.05) is 12.1 Å². The summed E-state index contributed by atoms with van der Waals surface area (Å²) in [5.74, 6) is -1.13. The lowest BCUT2D eigenvalue weighted by Gasteiger charge is -2.15. The molecule has 31 heavy (non-hydrogen) atoms. The summed E-state index contributed by atoms with van der Waals surface area (Å²) in [6, 6.07) is 20.3. The van der Waals surface area contributed by atoms with E-state index in [0.29, 0.717) is 0 Å². The minimum Gasteiger partial charge on any atom is -0.478 e. The van der Waals surface area contributed by atoms with E-state index in [1.807, 2.05) is 24.3 Å². The van der Waals surface area contributed by atoms with Crippen molar-refractivity contribution in [3.8, 4) is 47.3 Å². The van der Waals surface area contributed by atoms with E-state index in [0.717, 1.165) is 0 Å². The molecule has 1 N–H and O–H groups in total. The Kier molecular flexibility index (Phi) is 5.80. The predicted octanol–water partition coefficient (Wildman–Crippen LogP) is 4.46. The van der Waals surface area contributed by atoms with Crippen LogP contribution in [-0.2, 0) is 0 Å². The van der Waals surface area contributed by atoms with Crippen LogP contribution in [-0.4, -0.2) is 11.1 Å². The third-order valence-electron chi connectivity index (χ3n) is 4.15. The molecule has 0 atom stereocenters. The Morgan fingerprint density at radius 2 is 1.19 bits per heavy atom. The number of benzene rings is 3. The lowest BCUT2D eigenvalue weighted by Crippen LogP contribution is -2.00. The molecule has 0 aliphatic heterocycles. The van der Waals surface area contributed by atoms with Gasteiger partial charge in [0.15, 0.2) is 11.5 Å². The van der Waals surface area contributed by atoms with Gasteiger partial charge >= 0.3 is 5.97 Å². The number of carboxylic acid groups (broad SMARTS) is 1. The van der Waals surface area contributed by atoms with Gasteiger partial charge in [-0.2, -0.15) is 21.0 Å². The van der Waals surface area contributed by atoms with E-state index in [-0.39, 0.29) is 50.8 Å². The highest BCUT2D eigenvalue weighted by atomic mass is 16.5. The second-order valence-electron chi connectivity index (χ2n) is 5.98. The highest BCUT2D eigenvalue weighted by Gasteiger charge is 2.18. The van der Waals surface area contributed by atoms with Crippen LogP contribution in [0.15, 0.2) is 54.6 Å². The number of rotatable bonds is 5. The number of nitriles is 4. The van der Waals surface area contributed by atoms with Gasteiger partial charge in [0.2, 0.25) is 0 Å². The summed E-state index contributed by atoms with van der Waals surface area (Å²) in [4.78, 5) is 11.4. The maximum Gasteiger partial charge on any atom is 0.335 e. The molecule has 0 heterocycles. The van der Waals surface area contributed by atoms with Crippen molar-refractivity contribution in [2.75, 3.05) is 0 Å². The largest absolute Gasteiger partial charge is 0.478 e. The van der Waals surface area contributed by atoms with E-state index in [9.17, 15) is 30.9 Å². The van der Waals surface area contributed by atoms with Gasteiger partial charge in [0.05, 0.1) is 16.7 Å². The second-order valence-corrected chi connectivity index (χ2v) is 5.98. The summed E-state index contributed by atoms with van der Waals surface area (Å²) in [5, 5.41) is 46.5. The van der Waals surface area contributed by atoms with Crippen LogP contribution in [0.1, 0.15) is 32.6 Å². The standard InChI is InChI=1S/C23H10N4O4/c24-10-15-3-1-5-19(17(15)12-26)30-21-8-7-14(23(28)29)9-22(21)31-20-6-2-4-16(11-25)18(20)13-27/h1-9H,(H,28,29). The van der Waals surface area contributed by atoms with E-state index in [1.54, 1.807) is 0 Å². The fraction of sp³-hybridized carbons (Fsp3) is 0. The van der Waals surface area contributed by atoms with Crippen LogP contribution in [0.5, 0.6) is 23.0 Å². The molecule has 3 aromatic carbocycles. The zero-order valence-electron chi connectivity index (χ0n) is 15.7. The van der Waals surface area contributed by atoms with Crippen LogP contribution >= 0.6 is 0 Å². The molecule has 0 unspecified atom stereocenters. The molecule has 0 saturated heterocycles. The van der Waals surface area contributed by atoms with Crippen LogP contribution in [0, 0.1) is 45.3 Å². The molecule has 146 valence electrons. The Bertz CT molecular complexity index is 1370. The summed E-state index contributed by atoms with van der Waals surface area (Å²) in [5.41, 5.74) is 0.0651. The van der Waals surface area contributed by atoms with Crippen molar-refractivity contribution >= 4 is 5.97 Å². The number of carboxylic acids is 1. The van der Waals surface area contributed by atoms with Crippen LogP contribution in [0.4, 0.5) is 0 Å². The Morgan fingerprint density at radius 1 is 0.677 bits per heavy atom. The highest BCUT2D eigenvalue weighted by molar-refractivity contribution is 5.88. The number of aromatic carboxylic acids is 1. The molecule has 0 spiro atoms. The molecule has 3 aromatic rings. The summed E-state index contributed by atoms with van der Waals surface area (Å²) in [6.07, 6.45) is 0. The number of hydrogen-bond acceptors (Lipinski definition) is 7. The van der Waals surface area contributed by atoms with Crippen LogP contribution < -0.4 is 9.47 Å². The quantitative estimate of drug-likeness (QED) is 0.652. The summed E-state index contributed by atoms with van der Waals surface area (Å²) >= 11 is 0. The van der Waals surface area contributed by atoms with E-state index in [2.05, 4.69) is 0 Å². The van der Waals surface area contributed by atoms with Crippen LogP contribution in [0.3, 0.4) is 0 Å². The highest BCUT2D eigenvalue weighted by Crippen LogP contribution is 2.38. The van der Waals surface area contributed by atoms with Crippen LogP contribution in [0.25, 0.3) is 0 Å². The fourth-order valence-corrected chi connectivity index (χ4v) is 2.69. The van der Waals surface area contributed by atoms with Crippen molar-refractivity contribution in [1.82, 2.24) is 0 Å². The minimum atomic E-state index is -1.22. The van der Waals surface area contributed by atoms with Gasteiger partial charge in [0, 0.05) is 0 Å². The molecule has 8 heteroatoms. The minimum absolute atomic E-state index is 0.00227. The zero-order chi connectivity index (χ0) is 22.4. The Morgan fingerprint density at radius 3 is 1.65 bits per heavy atom. The lowest BCUT2D eigenvalue weighted by molar-refractivity contribution is 0.0696. The summed E-state index contributed by atoms with van der Waals surface area (Å²) < 4.78 is 11.5. The molecule has 8 nitrogen and oxygen atoms in total. The average molecular weight is 406 g/mol. The average Bonchev–Trinajstić information content (AvgIpc) is 2.79. The normalized spacial score (nSPS) is 9.42. The van der Waals surface area contributed by atoms with Crippen molar-refractivity contribution in [1.29, 1.82) is 21.0 Å². The van der Waals surface area contributed by atoms with Crippen molar-refractivity contribution < 1.29 is 19.4 Å². The number of nitrogens with zero attached hydrogens (tertiary/aromatic N) is 4. The first kappa shape index (κ1) is 20.4. The van der Waals surface area contributed by atoms with E-state index < -0.39 is 5.97 Å². The van der Waals surface area contributed by atoms with E-state index in [1.165, 1.54) is 54.6 Å². The van der Waals surface area contributed by atoms with E-state index in [4.69, 9.17) is 9.47 Å². The Hall–Kier alpha value is -5.31. The summed E-state index contributed by atoms with van der Waals surface area (Å²) in [6.45, 7) is 0. The molecular formula is C23H10N4O4. The smallest absolute Gasteiger partial charge is 0.335 e. The van der Waals surface area contributed by atoms with Gasteiger partial charge in [-0.3, -0.25) is 0 Å². The SMILES string of the molecule is N#Cc1cccc(Oc2ccc(C(=O)O)cc2Oc2cccc(C#N)c2C#N)c1C#N. The first-order chi connectivity index (χ1) is 15.0. The molecule has 0 aromatic heterocycles. The number of carbonyl (C=O) groups is 1. The van der Waals surface area contributed by atoms with Crippen molar-refractivity contribution in [2.24, 2.45) is 0 Å². The first-order valence-electron chi connectivity index (χ1n) is 8.61. The van der Waals surface area contributed by atoms with Crippen LogP contribution in [0.2, 0.25) is 0 Å². The van der Waals surface area contributed by atoms with Crippen molar-refractivity contribution in [3.05, 3.63) is 82.4 Å². The fourth-order valence-electron chi connectivity index (χ4n) is 2.69. The summed E-state index contributed by atoms with van der Waals surface area (Å²) in [7, 11) is 0. The van der Waals surface area contributed by atoms with Gasteiger partial charge < -0.3 is 14.6 Å². The molecule has 0 fully saturated rings. The Labute approximate surface area is 176 Å². The molecule has 0 bridgehead atoms. The number of ether oxygens (including phenoxy) is 2. The lowest BCUT2D eigenvalue weighted by atomic mass is 10.1. The Balaban J connectivity index is 2.12. The van der Waals surface area contributed by atoms with Gasteiger partial charge in [-0.05, 0) is 42.5 Å². The molecular weight excluding hydrogens is 396 g/mol. The maximum atomic E-state index is 11.4. The molecule has 0 saturated carbocycles. The van der Waals surface area contributed by atoms with Gasteiger partial charge in [0.25, 0.3) is 0 Å². The van der Waals surface area contributed by atoms with Gasteiger partial charge in [-0.15, -0.1) is 0 Å². The van der Waals surface area contributed by atoms with Gasteiger partial charge in [0.1, 0.15) is 46.9 Å². The van der Waals surface area contributed by atoms with Gasteiger partial charge in [-0.25, -0.2) is 4.79 Å². The third-order valence-corrected chi connectivity index (χ3v) is 4.15. The van der Waals surface area contributed by atoms with Crippen molar-refractivity contribution in [2.45, 2.75) is 0 Å². The van der Waals surface area contributed by atoms with E-state index >= 15 is 0 Å². The van der Waals surface area contributed by atoms with Crippen molar-refractivity contribution in [3.63, 3.8) is 0 Å².